The van der Waals surface area contributed by atoms with Crippen LogP contribution in [0, 0.1) is 30.9 Å². The molecule has 0 fully saturated rings. The van der Waals surface area contributed by atoms with E-state index < -0.39 is 4.92 Å². The Morgan fingerprint density at radius 3 is 2.57 bits per heavy atom. The lowest BCUT2D eigenvalue weighted by atomic mass is 10.2. The van der Waals surface area contributed by atoms with Gasteiger partial charge in [-0.3, -0.25) is 10.1 Å². The quantitative estimate of drug-likeness (QED) is 0.670. The summed E-state index contributed by atoms with van der Waals surface area (Å²) in [5, 5.41) is 18.7. The molecule has 2 heterocycles. The highest BCUT2D eigenvalue weighted by molar-refractivity contribution is 5.64. The number of aromatic nitrogens is 4. The summed E-state index contributed by atoms with van der Waals surface area (Å²) in [6.07, 6.45) is 2.15. The molecule has 0 amide bonds. The Morgan fingerprint density at radius 1 is 1.33 bits per heavy atom. The molecule has 0 saturated carbocycles. The molecular weight excluding hydrogens is 272 g/mol. The van der Waals surface area contributed by atoms with Crippen molar-refractivity contribution in [2.24, 2.45) is 0 Å². The van der Waals surface area contributed by atoms with Gasteiger partial charge in [-0.2, -0.15) is 5.10 Å². The van der Waals surface area contributed by atoms with E-state index in [9.17, 15) is 10.1 Å². The van der Waals surface area contributed by atoms with E-state index in [2.05, 4.69) is 20.4 Å². The average Bonchev–Trinajstić information content (AvgIpc) is 2.72. The van der Waals surface area contributed by atoms with Crippen molar-refractivity contribution in [3.05, 3.63) is 33.4 Å². The van der Waals surface area contributed by atoms with E-state index in [0.29, 0.717) is 6.54 Å². The molecule has 0 saturated heterocycles. The first-order valence-corrected chi connectivity index (χ1v) is 6.73. The van der Waals surface area contributed by atoms with Crippen molar-refractivity contribution in [3.63, 3.8) is 0 Å². The minimum atomic E-state index is -0.473. The summed E-state index contributed by atoms with van der Waals surface area (Å²) in [4.78, 5) is 19.0. The first-order chi connectivity index (χ1) is 9.97. The fourth-order valence-corrected chi connectivity index (χ4v) is 1.99. The third-order valence-electron chi connectivity index (χ3n) is 3.38. The summed E-state index contributed by atoms with van der Waals surface area (Å²) in [6, 6.07) is 0. The molecule has 0 aliphatic heterocycles. The molecule has 2 rings (SSSR count). The van der Waals surface area contributed by atoms with E-state index in [-0.39, 0.29) is 17.3 Å². The third-order valence-corrected chi connectivity index (χ3v) is 3.38. The molecule has 0 radical (unpaired) electrons. The predicted molar refractivity (Wildman–Crippen MR) is 78.8 cm³/mol. The minimum absolute atomic E-state index is 0.156. The van der Waals surface area contributed by atoms with Gasteiger partial charge in [0.1, 0.15) is 6.33 Å². The monoisotopic (exact) mass is 290 g/mol. The van der Waals surface area contributed by atoms with Crippen molar-refractivity contribution in [2.45, 2.75) is 34.1 Å². The fraction of sp³-hybridized carbons (Fsp3) is 0.462. The number of nitrogens with zero attached hydrogens (tertiary/aromatic N) is 5. The van der Waals surface area contributed by atoms with Crippen LogP contribution in [0.4, 0.5) is 11.5 Å². The highest BCUT2D eigenvalue weighted by atomic mass is 16.6. The van der Waals surface area contributed by atoms with Crippen LogP contribution in [-0.4, -0.2) is 31.2 Å². The maximum absolute atomic E-state index is 11.4. The van der Waals surface area contributed by atoms with Gasteiger partial charge in [0.15, 0.2) is 0 Å². The van der Waals surface area contributed by atoms with Crippen LogP contribution < -0.4 is 5.32 Å². The molecule has 0 aromatic carbocycles. The third kappa shape index (κ3) is 2.69. The minimum Gasteiger partial charge on any atom is -0.364 e. The zero-order valence-electron chi connectivity index (χ0n) is 12.5. The maximum Gasteiger partial charge on any atom is 0.355 e. The zero-order chi connectivity index (χ0) is 15.6. The van der Waals surface area contributed by atoms with Gasteiger partial charge < -0.3 is 5.32 Å². The van der Waals surface area contributed by atoms with Gasteiger partial charge in [0.05, 0.1) is 10.6 Å². The fourth-order valence-electron chi connectivity index (χ4n) is 1.99. The van der Waals surface area contributed by atoms with E-state index in [1.54, 1.807) is 0 Å². The first kappa shape index (κ1) is 14.9. The largest absolute Gasteiger partial charge is 0.364 e. The van der Waals surface area contributed by atoms with Crippen LogP contribution in [0.5, 0.6) is 0 Å². The van der Waals surface area contributed by atoms with Gasteiger partial charge in [-0.05, 0) is 32.8 Å². The Bertz CT molecular complexity index is 680. The maximum atomic E-state index is 11.4. The molecule has 0 aliphatic rings. The lowest BCUT2D eigenvalue weighted by Gasteiger charge is -2.08. The van der Waals surface area contributed by atoms with Crippen molar-refractivity contribution in [3.8, 4) is 5.82 Å². The van der Waals surface area contributed by atoms with Gasteiger partial charge in [-0.25, -0.2) is 14.6 Å². The topological polar surface area (TPSA) is 98.8 Å². The van der Waals surface area contributed by atoms with Gasteiger partial charge in [0.25, 0.3) is 0 Å². The molecule has 0 spiro atoms. The molecule has 8 heteroatoms. The molecule has 0 atom stereocenters. The number of anilines is 1. The molecule has 21 heavy (non-hydrogen) atoms. The SMILES string of the molecule is CCCNc1ncnc(-n2nc(C)c(C)c2C)c1[N+](=O)[O-]. The van der Waals surface area contributed by atoms with Crippen LogP contribution in [0.25, 0.3) is 5.82 Å². The van der Waals surface area contributed by atoms with Crippen LogP contribution in [-0.2, 0) is 0 Å². The smallest absolute Gasteiger partial charge is 0.355 e. The molecule has 0 aliphatic carbocycles. The number of aryl methyl sites for hydroxylation is 1. The molecule has 0 bridgehead atoms. The Kier molecular flexibility index (Phi) is 4.15. The second kappa shape index (κ2) is 5.86. The van der Waals surface area contributed by atoms with Crippen molar-refractivity contribution in [1.29, 1.82) is 0 Å². The molecule has 2 aromatic rings. The van der Waals surface area contributed by atoms with Gasteiger partial charge >= 0.3 is 5.69 Å². The molecule has 2 aromatic heterocycles. The highest BCUT2D eigenvalue weighted by Gasteiger charge is 2.26. The highest BCUT2D eigenvalue weighted by Crippen LogP contribution is 2.29. The van der Waals surface area contributed by atoms with Gasteiger partial charge in [-0.1, -0.05) is 6.92 Å². The number of nitrogens with one attached hydrogen (secondary N) is 1. The first-order valence-electron chi connectivity index (χ1n) is 6.73. The van der Waals surface area contributed by atoms with Crippen molar-refractivity contribution in [2.75, 3.05) is 11.9 Å². The summed E-state index contributed by atoms with van der Waals surface area (Å²) in [7, 11) is 0. The molecule has 112 valence electrons. The second-order valence-corrected chi connectivity index (χ2v) is 4.79. The predicted octanol–water partition coefficient (Wildman–Crippen LogP) is 2.32. The standard InChI is InChI=1S/C13H18N6O2/c1-5-6-14-12-11(19(20)21)13(16-7-15-12)18-10(4)8(2)9(3)17-18/h7H,5-6H2,1-4H3,(H,14,15,16). The summed E-state index contributed by atoms with van der Waals surface area (Å²) in [6.45, 7) is 8.23. The zero-order valence-corrected chi connectivity index (χ0v) is 12.5. The Hall–Kier alpha value is -2.51. The summed E-state index contributed by atoms with van der Waals surface area (Å²) in [5.74, 6) is 0.402. The van der Waals surface area contributed by atoms with E-state index in [1.807, 2.05) is 27.7 Å². The van der Waals surface area contributed by atoms with Gasteiger partial charge in [-0.15, -0.1) is 0 Å². The lowest BCUT2D eigenvalue weighted by Crippen LogP contribution is -2.11. The summed E-state index contributed by atoms with van der Waals surface area (Å²) in [5.41, 5.74) is 2.49. The average molecular weight is 290 g/mol. The van der Waals surface area contributed by atoms with E-state index in [0.717, 1.165) is 23.4 Å². The molecular formula is C13H18N6O2. The van der Waals surface area contributed by atoms with Crippen LogP contribution in [0.1, 0.15) is 30.3 Å². The molecule has 8 nitrogen and oxygen atoms in total. The number of rotatable bonds is 5. The Labute approximate surface area is 122 Å². The van der Waals surface area contributed by atoms with Gasteiger partial charge in [0, 0.05) is 12.2 Å². The van der Waals surface area contributed by atoms with E-state index >= 15 is 0 Å². The second-order valence-electron chi connectivity index (χ2n) is 4.79. The number of hydrogen-bond donors (Lipinski definition) is 1. The van der Waals surface area contributed by atoms with Crippen LogP contribution in [0.3, 0.4) is 0 Å². The Balaban J connectivity index is 2.62. The van der Waals surface area contributed by atoms with Crippen LogP contribution >= 0.6 is 0 Å². The number of hydrogen-bond acceptors (Lipinski definition) is 6. The van der Waals surface area contributed by atoms with Crippen molar-refractivity contribution in [1.82, 2.24) is 19.7 Å². The lowest BCUT2D eigenvalue weighted by molar-refractivity contribution is -0.384. The van der Waals surface area contributed by atoms with E-state index in [1.165, 1.54) is 11.0 Å². The summed E-state index contributed by atoms with van der Waals surface area (Å²) >= 11 is 0. The van der Waals surface area contributed by atoms with Crippen LogP contribution in [0.2, 0.25) is 0 Å². The van der Waals surface area contributed by atoms with Crippen LogP contribution in [0.15, 0.2) is 6.33 Å². The normalized spacial score (nSPS) is 10.7. The van der Waals surface area contributed by atoms with Crippen molar-refractivity contribution >= 4 is 11.5 Å². The molecule has 0 unspecified atom stereocenters. The number of nitro groups is 1. The van der Waals surface area contributed by atoms with Gasteiger partial charge in [0.2, 0.25) is 11.6 Å². The Morgan fingerprint density at radius 2 is 2.05 bits per heavy atom. The summed E-state index contributed by atoms with van der Waals surface area (Å²) < 4.78 is 1.50. The molecule has 1 N–H and O–H groups in total. The van der Waals surface area contributed by atoms with Crippen molar-refractivity contribution < 1.29 is 4.92 Å². The van der Waals surface area contributed by atoms with E-state index in [4.69, 9.17) is 0 Å².